The molecule has 3 nitrogen and oxygen atoms in total. The molecule has 0 aromatic carbocycles. The fourth-order valence-corrected chi connectivity index (χ4v) is 3.53. The van der Waals surface area contributed by atoms with Crippen LogP contribution in [0.3, 0.4) is 0 Å². The Balaban J connectivity index is 1.90. The van der Waals surface area contributed by atoms with E-state index in [1.807, 2.05) is 6.20 Å². The van der Waals surface area contributed by atoms with Crippen LogP contribution >= 0.6 is 15.9 Å². The van der Waals surface area contributed by atoms with E-state index in [0.29, 0.717) is 0 Å². The van der Waals surface area contributed by atoms with Crippen molar-refractivity contribution in [1.82, 2.24) is 14.5 Å². The van der Waals surface area contributed by atoms with Crippen molar-refractivity contribution in [2.24, 2.45) is 0 Å². The average Bonchev–Trinajstić information content (AvgIpc) is 2.83. The van der Waals surface area contributed by atoms with Crippen molar-refractivity contribution in [3.05, 3.63) is 28.5 Å². The van der Waals surface area contributed by atoms with Gasteiger partial charge >= 0.3 is 0 Å². The second kappa shape index (κ2) is 6.93. The summed E-state index contributed by atoms with van der Waals surface area (Å²) in [7, 11) is 0. The Labute approximate surface area is 135 Å². The van der Waals surface area contributed by atoms with Gasteiger partial charge in [0, 0.05) is 35.3 Å². The Bertz CT molecular complexity index is 599. The first kappa shape index (κ1) is 15.0. The number of rotatable bonds is 5. The van der Waals surface area contributed by atoms with Crippen LogP contribution in [0.4, 0.5) is 0 Å². The molecule has 1 aliphatic rings. The SMILES string of the molecule is CCCCn1cc(CN2CCCCC2)c2cc(Br)cnc21. The van der Waals surface area contributed by atoms with Gasteiger partial charge in [-0.25, -0.2) is 4.98 Å². The molecule has 0 unspecified atom stereocenters. The Morgan fingerprint density at radius 1 is 1.24 bits per heavy atom. The largest absolute Gasteiger partial charge is 0.332 e. The molecular formula is C17H24BrN3. The predicted molar refractivity (Wildman–Crippen MR) is 91.5 cm³/mol. The summed E-state index contributed by atoms with van der Waals surface area (Å²) in [6, 6.07) is 2.23. The van der Waals surface area contributed by atoms with Gasteiger partial charge in [0.2, 0.25) is 0 Å². The van der Waals surface area contributed by atoms with E-state index in [1.165, 1.54) is 56.1 Å². The van der Waals surface area contributed by atoms with Crippen molar-refractivity contribution in [2.45, 2.75) is 52.1 Å². The van der Waals surface area contributed by atoms with Crippen molar-refractivity contribution in [3.8, 4) is 0 Å². The number of unbranched alkanes of at least 4 members (excludes halogenated alkanes) is 1. The molecule has 0 aliphatic carbocycles. The minimum Gasteiger partial charge on any atom is -0.332 e. The number of nitrogens with zero attached hydrogens (tertiary/aromatic N) is 3. The number of likely N-dealkylation sites (tertiary alicyclic amines) is 1. The van der Waals surface area contributed by atoms with Crippen molar-refractivity contribution < 1.29 is 0 Å². The molecule has 1 saturated heterocycles. The molecule has 0 radical (unpaired) electrons. The van der Waals surface area contributed by atoms with Crippen LogP contribution in [0.1, 0.15) is 44.6 Å². The zero-order valence-corrected chi connectivity index (χ0v) is 14.4. The first-order valence-corrected chi connectivity index (χ1v) is 8.93. The summed E-state index contributed by atoms with van der Waals surface area (Å²) in [5.74, 6) is 0. The summed E-state index contributed by atoms with van der Waals surface area (Å²) >= 11 is 3.57. The van der Waals surface area contributed by atoms with Gasteiger partial charge in [0.15, 0.2) is 0 Å². The molecule has 3 heterocycles. The van der Waals surface area contributed by atoms with Crippen LogP contribution < -0.4 is 0 Å². The quantitative estimate of drug-likeness (QED) is 0.787. The predicted octanol–water partition coefficient (Wildman–Crippen LogP) is 4.58. The number of fused-ring (bicyclic) bond motifs is 1. The van der Waals surface area contributed by atoms with E-state index in [9.17, 15) is 0 Å². The van der Waals surface area contributed by atoms with Gasteiger partial charge in [-0.2, -0.15) is 0 Å². The second-order valence-corrected chi connectivity index (χ2v) is 6.98. The Hall–Kier alpha value is -0.870. The fraction of sp³-hybridized carbons (Fsp3) is 0.588. The molecule has 2 aromatic heterocycles. The van der Waals surface area contributed by atoms with Crippen molar-refractivity contribution >= 4 is 27.0 Å². The summed E-state index contributed by atoms with van der Waals surface area (Å²) in [5, 5.41) is 1.31. The molecule has 0 amide bonds. The van der Waals surface area contributed by atoms with Crippen molar-refractivity contribution in [1.29, 1.82) is 0 Å². The van der Waals surface area contributed by atoms with Crippen LogP contribution in [-0.4, -0.2) is 27.5 Å². The lowest BCUT2D eigenvalue weighted by Gasteiger charge is -2.26. The molecule has 0 saturated carbocycles. The smallest absolute Gasteiger partial charge is 0.140 e. The molecule has 0 atom stereocenters. The maximum Gasteiger partial charge on any atom is 0.140 e. The average molecular weight is 350 g/mol. The molecular weight excluding hydrogens is 326 g/mol. The summed E-state index contributed by atoms with van der Waals surface area (Å²) < 4.78 is 3.41. The number of aryl methyl sites for hydroxylation is 1. The topological polar surface area (TPSA) is 21.1 Å². The number of aromatic nitrogens is 2. The van der Waals surface area contributed by atoms with Gasteiger partial charge in [0.1, 0.15) is 5.65 Å². The molecule has 2 aromatic rings. The van der Waals surface area contributed by atoms with Gasteiger partial charge in [-0.15, -0.1) is 0 Å². The van der Waals surface area contributed by atoms with E-state index in [4.69, 9.17) is 0 Å². The summed E-state index contributed by atoms with van der Waals surface area (Å²) in [6.45, 7) is 6.85. The number of hydrogen-bond acceptors (Lipinski definition) is 2. The van der Waals surface area contributed by atoms with Crippen LogP contribution in [0.5, 0.6) is 0 Å². The molecule has 0 bridgehead atoms. The highest BCUT2D eigenvalue weighted by Crippen LogP contribution is 2.25. The summed E-state index contributed by atoms with van der Waals surface area (Å²) in [4.78, 5) is 7.23. The zero-order valence-electron chi connectivity index (χ0n) is 12.8. The van der Waals surface area contributed by atoms with Crippen LogP contribution in [0.2, 0.25) is 0 Å². The van der Waals surface area contributed by atoms with Gasteiger partial charge in [-0.1, -0.05) is 19.8 Å². The van der Waals surface area contributed by atoms with Crippen LogP contribution in [0, 0.1) is 0 Å². The minimum absolute atomic E-state index is 1.06. The number of halogens is 1. The van der Waals surface area contributed by atoms with Gasteiger partial charge in [-0.05, 0) is 59.9 Å². The van der Waals surface area contributed by atoms with E-state index in [2.05, 4.69) is 49.6 Å². The maximum atomic E-state index is 4.64. The third-order valence-electron chi connectivity index (χ3n) is 4.36. The Kier molecular flexibility index (Phi) is 4.96. The number of pyridine rings is 1. The highest BCUT2D eigenvalue weighted by Gasteiger charge is 2.15. The highest BCUT2D eigenvalue weighted by molar-refractivity contribution is 9.10. The molecule has 4 heteroatoms. The Morgan fingerprint density at radius 2 is 2.05 bits per heavy atom. The first-order valence-electron chi connectivity index (χ1n) is 8.13. The van der Waals surface area contributed by atoms with E-state index >= 15 is 0 Å². The molecule has 114 valence electrons. The molecule has 21 heavy (non-hydrogen) atoms. The molecule has 1 fully saturated rings. The number of piperidine rings is 1. The van der Waals surface area contributed by atoms with Gasteiger partial charge in [0.25, 0.3) is 0 Å². The monoisotopic (exact) mass is 349 g/mol. The third-order valence-corrected chi connectivity index (χ3v) is 4.79. The molecule has 1 aliphatic heterocycles. The van der Waals surface area contributed by atoms with E-state index < -0.39 is 0 Å². The van der Waals surface area contributed by atoms with Gasteiger partial charge < -0.3 is 4.57 Å². The fourth-order valence-electron chi connectivity index (χ4n) is 3.20. The molecule has 3 rings (SSSR count). The summed E-state index contributed by atoms with van der Waals surface area (Å²) in [6.07, 6.45) is 10.8. The van der Waals surface area contributed by atoms with E-state index in [1.54, 1.807) is 0 Å². The van der Waals surface area contributed by atoms with Gasteiger partial charge in [-0.3, -0.25) is 4.90 Å². The van der Waals surface area contributed by atoms with Gasteiger partial charge in [0.05, 0.1) is 0 Å². The highest BCUT2D eigenvalue weighted by atomic mass is 79.9. The van der Waals surface area contributed by atoms with E-state index in [-0.39, 0.29) is 0 Å². The zero-order chi connectivity index (χ0) is 14.7. The Morgan fingerprint density at radius 3 is 2.81 bits per heavy atom. The van der Waals surface area contributed by atoms with Crippen molar-refractivity contribution in [3.63, 3.8) is 0 Å². The first-order chi connectivity index (χ1) is 10.3. The molecule has 0 N–H and O–H groups in total. The van der Waals surface area contributed by atoms with Crippen LogP contribution in [0.25, 0.3) is 11.0 Å². The lowest BCUT2D eigenvalue weighted by molar-refractivity contribution is 0.221. The van der Waals surface area contributed by atoms with E-state index in [0.717, 1.165) is 23.2 Å². The van der Waals surface area contributed by atoms with Crippen molar-refractivity contribution in [2.75, 3.05) is 13.1 Å². The molecule has 0 spiro atoms. The minimum atomic E-state index is 1.06. The lowest BCUT2D eigenvalue weighted by atomic mass is 10.1. The summed E-state index contributed by atoms with van der Waals surface area (Å²) in [5.41, 5.74) is 2.57. The second-order valence-electron chi connectivity index (χ2n) is 6.06. The normalized spacial score (nSPS) is 16.7. The third kappa shape index (κ3) is 3.49. The maximum absolute atomic E-state index is 4.64. The standard InChI is InChI=1S/C17H24BrN3/c1-2-3-9-21-13-14(12-20-7-5-4-6-8-20)16-10-15(18)11-19-17(16)21/h10-11,13H,2-9,12H2,1H3. The van der Waals surface area contributed by atoms with Crippen LogP contribution in [0.15, 0.2) is 22.9 Å². The number of hydrogen-bond donors (Lipinski definition) is 0. The van der Waals surface area contributed by atoms with Crippen LogP contribution in [-0.2, 0) is 13.1 Å². The lowest BCUT2D eigenvalue weighted by Crippen LogP contribution is -2.28.